The van der Waals surface area contributed by atoms with Crippen molar-refractivity contribution in [3.8, 4) is 0 Å². The van der Waals surface area contributed by atoms with Crippen molar-refractivity contribution < 1.29 is 62.0 Å². The predicted octanol–water partition coefficient (Wildman–Crippen LogP) is -2.52. The Labute approximate surface area is 109 Å². The number of alkyl halides is 6. The molecule has 0 aromatic rings. The van der Waals surface area contributed by atoms with Crippen LogP contribution < -0.4 is 24.0 Å². The Hall–Kier alpha value is -0.00260. The standard InChI is InChI=1S/C3H3F6N2O4S2.Li/c4-1(5,2(6,7)16(10,12)13)3(8,9)17(11,14)15;/h(H3-,10,11,12,13,14,15);/q-1;+1. The Bertz CT molecular complexity index is 469. The van der Waals surface area contributed by atoms with E-state index in [4.69, 9.17) is 5.14 Å². The first-order valence-electron chi connectivity index (χ1n) is 3.15. The van der Waals surface area contributed by atoms with E-state index in [-0.39, 0.29) is 18.9 Å². The third kappa shape index (κ3) is 2.78. The van der Waals surface area contributed by atoms with Crippen molar-refractivity contribution in [2.75, 3.05) is 0 Å². The van der Waals surface area contributed by atoms with Crippen LogP contribution in [0.1, 0.15) is 0 Å². The van der Waals surface area contributed by atoms with Crippen molar-refractivity contribution in [2.45, 2.75) is 16.4 Å². The Kier molecular flexibility index (Phi) is 5.46. The molecule has 104 valence electrons. The van der Waals surface area contributed by atoms with Crippen molar-refractivity contribution >= 4 is 20.0 Å². The molecule has 0 aromatic heterocycles. The van der Waals surface area contributed by atoms with Gasteiger partial charge in [0.25, 0.3) is 10.0 Å². The molecule has 0 aliphatic carbocycles. The number of hydrogen-bond acceptors (Lipinski definition) is 4. The van der Waals surface area contributed by atoms with Crippen molar-refractivity contribution in [3.63, 3.8) is 0 Å². The summed E-state index contributed by atoms with van der Waals surface area (Å²) in [5, 5.41) is -3.95. The van der Waals surface area contributed by atoms with Gasteiger partial charge in [0.15, 0.2) is 0 Å². The van der Waals surface area contributed by atoms with Crippen LogP contribution in [-0.4, -0.2) is 33.3 Å². The molecule has 0 aromatic carbocycles. The molecule has 0 radical (unpaired) electrons. The number of hydrogen-bond donors (Lipinski definition) is 1. The van der Waals surface area contributed by atoms with Gasteiger partial charge in [0, 0.05) is 0 Å². The van der Waals surface area contributed by atoms with Crippen LogP contribution in [0.2, 0.25) is 0 Å². The van der Waals surface area contributed by atoms with Gasteiger partial charge in [0.2, 0.25) is 0 Å². The van der Waals surface area contributed by atoms with Gasteiger partial charge in [-0.3, -0.25) is 0 Å². The van der Waals surface area contributed by atoms with Crippen LogP contribution in [-0.2, 0) is 20.0 Å². The van der Waals surface area contributed by atoms with Gasteiger partial charge in [-0.05, 0) is 0 Å². The number of rotatable bonds is 4. The van der Waals surface area contributed by atoms with Gasteiger partial charge < -0.3 is 5.14 Å². The second-order valence-electron chi connectivity index (χ2n) is 2.66. The zero-order valence-electron chi connectivity index (χ0n) is 8.29. The molecule has 0 atom stereocenters. The van der Waals surface area contributed by atoms with Gasteiger partial charge in [-0.2, -0.15) is 26.3 Å². The van der Waals surface area contributed by atoms with Gasteiger partial charge in [-0.15, -0.1) is 0 Å². The van der Waals surface area contributed by atoms with Gasteiger partial charge in [0.05, 0.1) is 0 Å². The predicted molar refractivity (Wildman–Crippen MR) is 41.2 cm³/mol. The summed E-state index contributed by atoms with van der Waals surface area (Å²) in [6.07, 6.45) is 0. The Morgan fingerprint density at radius 1 is 0.833 bits per heavy atom. The van der Waals surface area contributed by atoms with E-state index < -0.39 is 36.5 Å². The van der Waals surface area contributed by atoms with E-state index in [1.807, 2.05) is 0 Å². The molecule has 0 aliphatic heterocycles. The quantitative estimate of drug-likeness (QED) is 0.455. The molecule has 0 heterocycles. The Morgan fingerprint density at radius 2 is 1.11 bits per heavy atom. The van der Waals surface area contributed by atoms with E-state index in [0.29, 0.717) is 0 Å². The zero-order valence-corrected chi connectivity index (χ0v) is 9.93. The van der Waals surface area contributed by atoms with Crippen LogP contribution >= 0.6 is 0 Å². The van der Waals surface area contributed by atoms with E-state index in [9.17, 15) is 43.2 Å². The van der Waals surface area contributed by atoms with Crippen molar-refractivity contribution in [2.24, 2.45) is 5.14 Å². The average molecular weight is 316 g/mol. The monoisotopic (exact) mass is 316 g/mol. The smallest absolute Gasteiger partial charge is 0.559 e. The van der Waals surface area contributed by atoms with Crippen LogP contribution in [0, 0.1) is 0 Å². The second kappa shape index (κ2) is 4.83. The third-order valence-corrected chi connectivity index (χ3v) is 3.33. The summed E-state index contributed by atoms with van der Waals surface area (Å²) in [6, 6.07) is 0. The van der Waals surface area contributed by atoms with Crippen LogP contribution in [0.25, 0.3) is 5.14 Å². The first kappa shape index (κ1) is 20.3. The third-order valence-electron chi connectivity index (χ3n) is 1.43. The normalized spacial score (nSPS) is 15.1. The van der Waals surface area contributed by atoms with E-state index in [0.717, 1.165) is 0 Å². The molecule has 0 amide bonds. The van der Waals surface area contributed by atoms with Crippen LogP contribution in [0.5, 0.6) is 0 Å². The minimum atomic E-state index is -6.89. The summed E-state index contributed by atoms with van der Waals surface area (Å²) < 4.78 is 115. The minimum Gasteiger partial charge on any atom is -0.559 e. The fraction of sp³-hybridized carbons (Fsp3) is 1.00. The molecule has 0 bridgehead atoms. The summed E-state index contributed by atoms with van der Waals surface area (Å²) in [7, 11) is -13.3. The van der Waals surface area contributed by atoms with E-state index in [1.54, 1.807) is 0 Å². The fourth-order valence-corrected chi connectivity index (χ4v) is 1.53. The fourth-order valence-electron chi connectivity index (χ4n) is 0.517. The van der Waals surface area contributed by atoms with E-state index in [1.165, 1.54) is 0 Å². The Morgan fingerprint density at radius 3 is 1.28 bits per heavy atom. The molecular formula is C3H3F6LiN2O4S2. The van der Waals surface area contributed by atoms with Gasteiger partial charge in [-0.25, -0.2) is 22.0 Å². The summed E-state index contributed by atoms with van der Waals surface area (Å²) >= 11 is 0. The molecule has 0 saturated carbocycles. The largest absolute Gasteiger partial charge is 1.00 e. The zero-order chi connectivity index (χ0) is 14.5. The number of nitrogens with one attached hydrogen (secondary N) is 1. The molecule has 0 fully saturated rings. The second-order valence-corrected chi connectivity index (χ2v) is 5.78. The average Bonchev–Trinajstić information content (AvgIpc) is 1.98. The van der Waals surface area contributed by atoms with Crippen LogP contribution in [0.15, 0.2) is 0 Å². The first-order chi connectivity index (χ1) is 7.00. The van der Waals surface area contributed by atoms with Crippen molar-refractivity contribution in [1.82, 2.24) is 0 Å². The van der Waals surface area contributed by atoms with E-state index in [2.05, 4.69) is 5.14 Å². The SMILES string of the molecule is [Li+].[NH-]S(=O)(=O)C(F)(F)C(F)(F)C(F)(F)S(N)(=O)=O. The maximum Gasteiger partial charge on any atom is 1.00 e. The topological polar surface area (TPSA) is 118 Å². The molecule has 0 unspecified atom stereocenters. The minimum absolute atomic E-state index is 0. The Balaban J connectivity index is 0. The van der Waals surface area contributed by atoms with Crippen LogP contribution in [0.3, 0.4) is 0 Å². The molecule has 18 heavy (non-hydrogen) atoms. The molecule has 0 spiro atoms. The number of nitrogens with two attached hydrogens (primary N) is 1. The summed E-state index contributed by atoms with van der Waals surface area (Å²) in [4.78, 5) is 0. The van der Waals surface area contributed by atoms with Crippen molar-refractivity contribution in [1.29, 1.82) is 0 Å². The van der Waals surface area contributed by atoms with Gasteiger partial charge >= 0.3 is 35.3 Å². The molecule has 15 heteroatoms. The van der Waals surface area contributed by atoms with E-state index >= 15 is 0 Å². The van der Waals surface area contributed by atoms with Crippen molar-refractivity contribution in [3.05, 3.63) is 5.14 Å². The number of sulfonamides is 2. The summed E-state index contributed by atoms with van der Waals surface area (Å²) in [6.45, 7) is 0. The molecule has 0 saturated heterocycles. The van der Waals surface area contributed by atoms with Gasteiger partial charge in [0.1, 0.15) is 10.0 Å². The molecule has 3 N–H and O–H groups in total. The summed E-state index contributed by atoms with van der Waals surface area (Å²) in [5.41, 5.74) is 0. The maximum atomic E-state index is 12.5. The van der Waals surface area contributed by atoms with Gasteiger partial charge in [-0.1, -0.05) is 0 Å². The maximum absolute atomic E-state index is 12.5. The molecule has 0 rings (SSSR count). The number of halogens is 6. The summed E-state index contributed by atoms with van der Waals surface area (Å²) in [5.74, 6) is -6.89. The molecule has 6 nitrogen and oxygen atoms in total. The number of primary sulfonamides is 1. The first-order valence-corrected chi connectivity index (χ1v) is 6.18. The molecule has 0 aliphatic rings. The van der Waals surface area contributed by atoms with Crippen LogP contribution in [0.4, 0.5) is 26.3 Å². The molecular weight excluding hydrogens is 313 g/mol.